The van der Waals surface area contributed by atoms with Gasteiger partial charge in [-0.1, -0.05) is 11.6 Å². The van der Waals surface area contributed by atoms with Gasteiger partial charge in [0.25, 0.3) is 0 Å². The van der Waals surface area contributed by atoms with E-state index < -0.39 is 0 Å². The molecule has 0 saturated carbocycles. The van der Waals surface area contributed by atoms with E-state index in [4.69, 9.17) is 16.3 Å². The number of nitrogens with one attached hydrogen (secondary N) is 1. The number of rotatable bonds is 7. The summed E-state index contributed by atoms with van der Waals surface area (Å²) in [6.07, 6.45) is 1.49. The van der Waals surface area contributed by atoms with E-state index in [-0.39, 0.29) is 30.1 Å². The number of ether oxygens (including phenoxy) is 1. The molecule has 26 heavy (non-hydrogen) atoms. The summed E-state index contributed by atoms with van der Waals surface area (Å²) >= 11 is 5.89. The fraction of sp³-hybridized carbons (Fsp3) is 0.471. The Labute approximate surface area is 176 Å². The largest absolute Gasteiger partial charge is 0.489 e. The number of aryl methyl sites for hydroxylation is 1. The first kappa shape index (κ1) is 22.5. The van der Waals surface area contributed by atoms with Gasteiger partial charge in [0.2, 0.25) is 0 Å². The molecule has 0 bridgehead atoms. The quantitative estimate of drug-likeness (QED) is 0.366. The second-order valence-corrected chi connectivity index (χ2v) is 6.17. The lowest BCUT2D eigenvalue weighted by atomic mass is 10.3. The van der Waals surface area contributed by atoms with Crippen LogP contribution in [-0.4, -0.2) is 51.9 Å². The highest BCUT2D eigenvalue weighted by Crippen LogP contribution is 2.16. The number of aromatic nitrogens is 3. The zero-order valence-corrected chi connectivity index (χ0v) is 18.6. The highest BCUT2D eigenvalue weighted by molar-refractivity contribution is 14.0. The van der Waals surface area contributed by atoms with Gasteiger partial charge in [0.15, 0.2) is 5.96 Å². The highest BCUT2D eigenvalue weighted by Gasteiger charge is 2.11. The van der Waals surface area contributed by atoms with Crippen molar-refractivity contribution in [3.05, 3.63) is 41.4 Å². The Bertz CT molecular complexity index is 691. The van der Waals surface area contributed by atoms with Crippen molar-refractivity contribution in [3.63, 3.8) is 0 Å². The monoisotopic (exact) mass is 492 g/mol. The summed E-state index contributed by atoms with van der Waals surface area (Å²) in [5, 5.41) is 8.07. The Morgan fingerprint density at radius 1 is 1.38 bits per heavy atom. The van der Waals surface area contributed by atoms with Crippen LogP contribution in [0.3, 0.4) is 0 Å². The van der Waals surface area contributed by atoms with E-state index in [0.717, 1.165) is 24.1 Å². The number of halogens is 2. The molecule has 1 unspecified atom stereocenters. The molecule has 1 atom stereocenters. The van der Waals surface area contributed by atoms with Gasteiger partial charge in [-0.2, -0.15) is 5.10 Å². The summed E-state index contributed by atoms with van der Waals surface area (Å²) in [6.45, 7) is 5.97. The summed E-state index contributed by atoms with van der Waals surface area (Å²) in [5.41, 5.74) is 0. The van der Waals surface area contributed by atoms with Crippen molar-refractivity contribution in [2.45, 2.75) is 26.5 Å². The van der Waals surface area contributed by atoms with Gasteiger partial charge in [0.1, 0.15) is 24.0 Å². The fourth-order valence-electron chi connectivity index (χ4n) is 2.22. The molecule has 1 heterocycles. The van der Waals surface area contributed by atoms with E-state index >= 15 is 0 Å². The van der Waals surface area contributed by atoms with Crippen LogP contribution in [-0.2, 0) is 13.6 Å². The second kappa shape index (κ2) is 11.2. The zero-order valence-electron chi connectivity index (χ0n) is 15.5. The van der Waals surface area contributed by atoms with E-state index in [0.29, 0.717) is 18.1 Å². The second-order valence-electron chi connectivity index (χ2n) is 5.73. The summed E-state index contributed by atoms with van der Waals surface area (Å²) in [4.78, 5) is 10.9. The molecule has 1 aromatic carbocycles. The zero-order chi connectivity index (χ0) is 18.2. The van der Waals surface area contributed by atoms with Crippen molar-refractivity contribution < 1.29 is 4.74 Å². The number of hydrogen-bond donors (Lipinski definition) is 1. The average Bonchev–Trinajstić information content (AvgIpc) is 2.98. The minimum Gasteiger partial charge on any atom is -0.489 e. The molecule has 144 valence electrons. The first-order valence-electron chi connectivity index (χ1n) is 8.24. The van der Waals surface area contributed by atoms with E-state index in [1.165, 1.54) is 0 Å². The van der Waals surface area contributed by atoms with Crippen LogP contribution < -0.4 is 10.1 Å². The maximum atomic E-state index is 5.89. The topological polar surface area (TPSA) is 67.6 Å². The lowest BCUT2D eigenvalue weighted by Gasteiger charge is -2.22. The van der Waals surface area contributed by atoms with Gasteiger partial charge in [-0.15, -0.1) is 24.0 Å². The maximum Gasteiger partial charge on any atom is 0.194 e. The summed E-state index contributed by atoms with van der Waals surface area (Å²) in [6, 6.07) is 7.33. The summed E-state index contributed by atoms with van der Waals surface area (Å²) in [5.74, 6) is 2.46. The van der Waals surface area contributed by atoms with Crippen molar-refractivity contribution in [1.82, 2.24) is 25.0 Å². The molecule has 0 amide bonds. The SMILES string of the molecule is CCNC(=NCC(C)Oc1ccc(Cl)cc1)N(C)Cc1ncnn1C.I. The van der Waals surface area contributed by atoms with Gasteiger partial charge in [0.05, 0.1) is 13.1 Å². The molecule has 0 saturated heterocycles. The molecule has 0 spiro atoms. The van der Waals surface area contributed by atoms with Crippen LogP contribution in [0.1, 0.15) is 19.7 Å². The summed E-state index contributed by atoms with van der Waals surface area (Å²) in [7, 11) is 3.85. The molecule has 7 nitrogen and oxygen atoms in total. The van der Waals surface area contributed by atoms with Crippen LogP contribution in [0.25, 0.3) is 0 Å². The molecule has 0 fully saturated rings. The third kappa shape index (κ3) is 6.99. The van der Waals surface area contributed by atoms with Gasteiger partial charge in [-0.05, 0) is 38.1 Å². The Balaban J connectivity index is 0.00000338. The molecule has 2 rings (SSSR count). The van der Waals surface area contributed by atoms with Crippen molar-refractivity contribution in [2.75, 3.05) is 20.1 Å². The van der Waals surface area contributed by atoms with Crippen LogP contribution in [0.4, 0.5) is 0 Å². The maximum absolute atomic E-state index is 5.89. The molecule has 0 aliphatic heterocycles. The number of nitrogens with zero attached hydrogens (tertiary/aromatic N) is 5. The van der Waals surface area contributed by atoms with Gasteiger partial charge in [-0.3, -0.25) is 4.68 Å². The molecular weight excluding hydrogens is 467 g/mol. The molecule has 0 aliphatic carbocycles. The van der Waals surface area contributed by atoms with E-state index in [1.807, 2.05) is 57.1 Å². The van der Waals surface area contributed by atoms with Crippen LogP contribution >= 0.6 is 35.6 Å². The normalized spacial score (nSPS) is 12.3. The van der Waals surface area contributed by atoms with E-state index in [2.05, 4.69) is 20.4 Å². The Morgan fingerprint density at radius 2 is 2.08 bits per heavy atom. The number of guanidine groups is 1. The average molecular weight is 493 g/mol. The van der Waals surface area contributed by atoms with Gasteiger partial charge in [0, 0.05) is 25.7 Å². The van der Waals surface area contributed by atoms with Crippen molar-refractivity contribution in [1.29, 1.82) is 0 Å². The molecule has 0 aliphatic rings. The predicted octanol–water partition coefficient (Wildman–Crippen LogP) is 2.95. The number of hydrogen-bond acceptors (Lipinski definition) is 4. The molecule has 1 N–H and O–H groups in total. The first-order chi connectivity index (χ1) is 12.0. The van der Waals surface area contributed by atoms with Crippen molar-refractivity contribution >= 4 is 41.5 Å². The smallest absolute Gasteiger partial charge is 0.194 e. The molecular formula is C17H26ClIN6O. The molecule has 0 radical (unpaired) electrons. The first-order valence-corrected chi connectivity index (χ1v) is 8.62. The van der Waals surface area contributed by atoms with E-state index in [9.17, 15) is 0 Å². The third-order valence-electron chi connectivity index (χ3n) is 3.53. The number of benzene rings is 1. The summed E-state index contributed by atoms with van der Waals surface area (Å²) < 4.78 is 7.62. The van der Waals surface area contributed by atoms with Gasteiger partial charge in [-0.25, -0.2) is 9.98 Å². The molecule has 9 heteroatoms. The Kier molecular flexibility index (Phi) is 9.71. The number of aliphatic imine (C=N–C) groups is 1. The standard InChI is InChI=1S/C17H25ClN6O.HI/c1-5-19-17(23(3)11-16-21-12-22-24(16)4)20-10-13(2)25-15-8-6-14(18)7-9-15;/h6-9,12-13H,5,10-11H2,1-4H3,(H,19,20);1H. The van der Waals surface area contributed by atoms with Gasteiger partial charge >= 0.3 is 0 Å². The Morgan fingerprint density at radius 3 is 2.65 bits per heavy atom. The minimum atomic E-state index is -0.0574. The van der Waals surface area contributed by atoms with Crippen LogP contribution in [0.5, 0.6) is 5.75 Å². The lowest BCUT2D eigenvalue weighted by Crippen LogP contribution is -2.39. The highest BCUT2D eigenvalue weighted by atomic mass is 127. The third-order valence-corrected chi connectivity index (χ3v) is 3.78. The lowest BCUT2D eigenvalue weighted by molar-refractivity contribution is 0.229. The van der Waals surface area contributed by atoms with Crippen LogP contribution in [0.2, 0.25) is 5.02 Å². The fourth-order valence-corrected chi connectivity index (χ4v) is 2.34. The van der Waals surface area contributed by atoms with E-state index in [1.54, 1.807) is 11.0 Å². The minimum absolute atomic E-state index is 0. The van der Waals surface area contributed by atoms with Crippen molar-refractivity contribution in [3.8, 4) is 5.75 Å². The van der Waals surface area contributed by atoms with Gasteiger partial charge < -0.3 is 15.0 Å². The molecule has 1 aromatic heterocycles. The van der Waals surface area contributed by atoms with Crippen LogP contribution in [0.15, 0.2) is 35.6 Å². The predicted molar refractivity (Wildman–Crippen MR) is 115 cm³/mol. The van der Waals surface area contributed by atoms with Crippen LogP contribution in [0, 0.1) is 0 Å². The molecule has 2 aromatic rings. The Hall–Kier alpha value is -1.55. The van der Waals surface area contributed by atoms with Crippen molar-refractivity contribution in [2.24, 2.45) is 12.0 Å².